The van der Waals surface area contributed by atoms with Crippen LogP contribution >= 0.6 is 0 Å². The van der Waals surface area contributed by atoms with Crippen molar-refractivity contribution in [1.29, 1.82) is 0 Å². The summed E-state index contributed by atoms with van der Waals surface area (Å²) in [5, 5.41) is 10.6. The molecule has 1 heterocycles. The summed E-state index contributed by atoms with van der Waals surface area (Å²) in [4.78, 5) is 25.3. The Bertz CT molecular complexity index is 698. The maximum absolute atomic E-state index is 10.9. The smallest absolute Gasteiger partial charge is 0.303 e. The summed E-state index contributed by atoms with van der Waals surface area (Å²) in [6.07, 6.45) is 0. The highest BCUT2D eigenvalue weighted by Crippen LogP contribution is 2.26. The van der Waals surface area contributed by atoms with Gasteiger partial charge < -0.3 is 9.47 Å². The van der Waals surface area contributed by atoms with Crippen LogP contribution in [0.25, 0.3) is 0 Å². The number of rotatable bonds is 5. The first-order chi connectivity index (χ1) is 10.5. The number of nitro groups is 1. The maximum Gasteiger partial charge on any atom is 0.303 e. The first kappa shape index (κ1) is 15.4. The Labute approximate surface area is 126 Å². The van der Waals surface area contributed by atoms with Crippen molar-refractivity contribution in [3.05, 3.63) is 57.9 Å². The predicted molar refractivity (Wildman–Crippen MR) is 77.6 cm³/mol. The molecule has 0 atom stereocenters. The molecule has 0 aliphatic heterocycles. The topological polar surface area (TPSA) is 91.6 Å². The molecule has 2 aromatic rings. The van der Waals surface area contributed by atoms with Crippen LogP contribution in [0, 0.1) is 17.0 Å². The average Bonchev–Trinajstić information content (AvgIpc) is 2.48. The Kier molecular flexibility index (Phi) is 4.67. The van der Waals surface area contributed by atoms with Crippen molar-refractivity contribution in [3.63, 3.8) is 0 Å². The number of esters is 1. The van der Waals surface area contributed by atoms with E-state index in [0.29, 0.717) is 17.2 Å². The van der Waals surface area contributed by atoms with E-state index in [2.05, 4.69) is 4.98 Å². The Morgan fingerprint density at radius 2 is 1.91 bits per heavy atom. The first-order valence-electron chi connectivity index (χ1n) is 6.48. The van der Waals surface area contributed by atoms with Crippen LogP contribution in [0.3, 0.4) is 0 Å². The molecular weight excluding hydrogens is 288 g/mol. The Hall–Kier alpha value is -2.96. The van der Waals surface area contributed by atoms with E-state index in [1.165, 1.54) is 31.2 Å². The third kappa shape index (κ3) is 4.02. The Balaban J connectivity index is 2.20. The molecule has 0 fully saturated rings. The summed E-state index contributed by atoms with van der Waals surface area (Å²) in [6, 6.07) is 9.16. The molecule has 0 aliphatic rings. The third-order valence-electron chi connectivity index (χ3n) is 2.76. The molecule has 0 saturated heterocycles. The van der Waals surface area contributed by atoms with Gasteiger partial charge in [-0.05, 0) is 31.2 Å². The summed E-state index contributed by atoms with van der Waals surface area (Å²) in [5.41, 5.74) is 1.22. The van der Waals surface area contributed by atoms with Gasteiger partial charge in [-0.15, -0.1) is 0 Å². The molecule has 0 unspecified atom stereocenters. The Morgan fingerprint density at radius 1 is 1.23 bits per heavy atom. The van der Waals surface area contributed by atoms with Gasteiger partial charge in [0.15, 0.2) is 5.75 Å². The number of aromatic nitrogens is 1. The predicted octanol–water partition coefficient (Wildman–Crippen LogP) is 3.15. The number of pyridine rings is 1. The van der Waals surface area contributed by atoms with Gasteiger partial charge in [0.05, 0.1) is 4.92 Å². The number of non-ortho nitro benzene ring substituents is 1. The monoisotopic (exact) mass is 302 g/mol. The van der Waals surface area contributed by atoms with Crippen LogP contribution in [0.5, 0.6) is 11.5 Å². The van der Waals surface area contributed by atoms with Crippen molar-refractivity contribution >= 4 is 11.7 Å². The summed E-state index contributed by atoms with van der Waals surface area (Å²) in [7, 11) is 0. The van der Waals surface area contributed by atoms with Crippen LogP contribution in [-0.2, 0) is 16.1 Å². The van der Waals surface area contributed by atoms with E-state index in [9.17, 15) is 14.9 Å². The van der Waals surface area contributed by atoms with E-state index in [1.54, 1.807) is 12.1 Å². The zero-order valence-corrected chi connectivity index (χ0v) is 12.1. The fourth-order valence-electron chi connectivity index (χ4n) is 1.73. The van der Waals surface area contributed by atoms with Gasteiger partial charge in [0, 0.05) is 24.8 Å². The summed E-state index contributed by atoms with van der Waals surface area (Å²) in [5.74, 6) is 0.450. The minimum atomic E-state index is -0.483. The molecule has 0 radical (unpaired) electrons. The quantitative estimate of drug-likeness (QED) is 0.478. The molecule has 7 nitrogen and oxygen atoms in total. The van der Waals surface area contributed by atoms with Gasteiger partial charge in [-0.1, -0.05) is 0 Å². The average molecular weight is 302 g/mol. The zero-order chi connectivity index (χ0) is 16.1. The first-order valence-corrected chi connectivity index (χ1v) is 6.48. The van der Waals surface area contributed by atoms with E-state index in [1.807, 2.05) is 6.92 Å². The lowest BCUT2D eigenvalue weighted by atomic mass is 10.2. The fraction of sp³-hybridized carbons (Fsp3) is 0.200. The third-order valence-corrected chi connectivity index (χ3v) is 2.76. The highest BCUT2D eigenvalue weighted by Gasteiger charge is 2.10. The van der Waals surface area contributed by atoms with E-state index in [4.69, 9.17) is 9.47 Å². The number of carbonyl (C=O) groups excluding carboxylic acids is 1. The normalized spacial score (nSPS) is 10.1. The number of aryl methyl sites for hydroxylation is 1. The maximum atomic E-state index is 10.9. The van der Waals surface area contributed by atoms with Crippen LogP contribution in [0.15, 0.2) is 36.4 Å². The lowest BCUT2D eigenvalue weighted by Gasteiger charge is -2.11. The molecule has 0 spiro atoms. The van der Waals surface area contributed by atoms with Gasteiger partial charge in [0.2, 0.25) is 0 Å². The van der Waals surface area contributed by atoms with Gasteiger partial charge in [0.1, 0.15) is 18.1 Å². The van der Waals surface area contributed by atoms with Crippen molar-refractivity contribution in [2.45, 2.75) is 20.5 Å². The van der Waals surface area contributed by atoms with E-state index in [0.717, 1.165) is 5.69 Å². The molecule has 0 bridgehead atoms. The van der Waals surface area contributed by atoms with Crippen LogP contribution < -0.4 is 4.74 Å². The van der Waals surface area contributed by atoms with Crippen molar-refractivity contribution in [1.82, 2.24) is 4.98 Å². The van der Waals surface area contributed by atoms with Crippen molar-refractivity contribution in [2.24, 2.45) is 0 Å². The molecule has 0 amide bonds. The number of nitrogens with zero attached hydrogens (tertiary/aromatic N) is 2. The number of benzene rings is 1. The van der Waals surface area contributed by atoms with Crippen LogP contribution in [0.2, 0.25) is 0 Å². The van der Waals surface area contributed by atoms with Gasteiger partial charge in [0.25, 0.3) is 5.69 Å². The largest absolute Gasteiger partial charge is 0.459 e. The van der Waals surface area contributed by atoms with E-state index in [-0.39, 0.29) is 12.3 Å². The van der Waals surface area contributed by atoms with Crippen LogP contribution in [-0.4, -0.2) is 15.9 Å². The molecule has 114 valence electrons. The zero-order valence-electron chi connectivity index (χ0n) is 12.1. The lowest BCUT2D eigenvalue weighted by Crippen LogP contribution is -2.03. The van der Waals surface area contributed by atoms with Gasteiger partial charge in [-0.25, -0.2) is 0 Å². The van der Waals surface area contributed by atoms with Crippen molar-refractivity contribution in [2.75, 3.05) is 0 Å². The molecule has 22 heavy (non-hydrogen) atoms. The minimum absolute atomic E-state index is 0.000667. The number of hydrogen-bond acceptors (Lipinski definition) is 6. The highest BCUT2D eigenvalue weighted by molar-refractivity contribution is 5.66. The molecule has 7 heteroatoms. The standard InChI is InChI=1S/C15H14N2O5/c1-10-3-8-15(14(16-10)9-21-11(2)18)22-13-6-4-12(5-7-13)17(19)20/h3-8H,9H2,1-2H3. The number of nitro benzene ring substituents is 1. The van der Waals surface area contributed by atoms with Gasteiger partial charge >= 0.3 is 5.97 Å². The van der Waals surface area contributed by atoms with E-state index < -0.39 is 10.9 Å². The summed E-state index contributed by atoms with van der Waals surface area (Å²) >= 11 is 0. The molecule has 0 aliphatic carbocycles. The van der Waals surface area contributed by atoms with Gasteiger partial charge in [-0.3, -0.25) is 19.9 Å². The van der Waals surface area contributed by atoms with E-state index >= 15 is 0 Å². The molecule has 2 rings (SSSR count). The molecule has 0 N–H and O–H groups in total. The molecular formula is C15H14N2O5. The van der Waals surface area contributed by atoms with Crippen molar-refractivity contribution in [3.8, 4) is 11.5 Å². The number of carbonyl (C=O) groups is 1. The van der Waals surface area contributed by atoms with Gasteiger partial charge in [-0.2, -0.15) is 0 Å². The fourth-order valence-corrected chi connectivity index (χ4v) is 1.73. The summed E-state index contributed by atoms with van der Waals surface area (Å²) < 4.78 is 10.6. The van der Waals surface area contributed by atoms with Crippen LogP contribution in [0.4, 0.5) is 5.69 Å². The van der Waals surface area contributed by atoms with Crippen molar-refractivity contribution < 1.29 is 19.2 Å². The lowest BCUT2D eigenvalue weighted by molar-refractivity contribution is -0.384. The molecule has 0 saturated carbocycles. The Morgan fingerprint density at radius 3 is 2.50 bits per heavy atom. The molecule has 1 aromatic carbocycles. The second kappa shape index (κ2) is 6.66. The number of ether oxygens (including phenoxy) is 2. The molecule has 1 aromatic heterocycles. The SMILES string of the molecule is CC(=O)OCc1nc(C)ccc1Oc1ccc([N+](=O)[O-])cc1. The summed E-state index contributed by atoms with van der Waals surface area (Å²) in [6.45, 7) is 3.12. The highest BCUT2D eigenvalue weighted by atomic mass is 16.6. The second-order valence-corrected chi connectivity index (χ2v) is 4.53. The number of hydrogen-bond donors (Lipinski definition) is 0. The van der Waals surface area contributed by atoms with Crippen LogP contribution in [0.1, 0.15) is 18.3 Å². The second-order valence-electron chi connectivity index (χ2n) is 4.53. The minimum Gasteiger partial charge on any atom is -0.459 e.